The summed E-state index contributed by atoms with van der Waals surface area (Å²) < 4.78 is 0. The Labute approximate surface area is 99.2 Å². The van der Waals surface area contributed by atoms with Crippen molar-refractivity contribution in [3.63, 3.8) is 0 Å². The van der Waals surface area contributed by atoms with E-state index in [0.29, 0.717) is 5.02 Å². The van der Waals surface area contributed by atoms with Gasteiger partial charge in [0.15, 0.2) is 0 Å². The minimum absolute atomic E-state index is 0.0551. The van der Waals surface area contributed by atoms with Gasteiger partial charge in [-0.2, -0.15) is 11.8 Å². The molecule has 1 aliphatic heterocycles. The average molecular weight is 244 g/mol. The molecule has 2 nitrogen and oxygen atoms in total. The largest absolute Gasteiger partial charge is 0.392 e. The molecule has 0 unspecified atom stereocenters. The maximum absolute atomic E-state index is 9.28. The van der Waals surface area contributed by atoms with Crippen LogP contribution in [0.1, 0.15) is 5.56 Å². The fraction of sp³-hybridized carbons (Fsp3) is 0.455. The van der Waals surface area contributed by atoms with Crippen molar-refractivity contribution in [2.45, 2.75) is 6.61 Å². The number of aliphatic hydroxyl groups excluding tert-OH is 1. The lowest BCUT2D eigenvalue weighted by Gasteiger charge is -2.30. The topological polar surface area (TPSA) is 23.5 Å². The molecule has 0 saturated carbocycles. The summed E-state index contributed by atoms with van der Waals surface area (Å²) in [5.41, 5.74) is 2.05. The molecule has 0 amide bonds. The second-order valence-electron chi connectivity index (χ2n) is 3.53. The Morgan fingerprint density at radius 3 is 2.73 bits per heavy atom. The van der Waals surface area contributed by atoms with E-state index < -0.39 is 0 Å². The Kier molecular flexibility index (Phi) is 3.78. The predicted octanol–water partition coefficient (Wildman–Crippen LogP) is 2.39. The molecule has 1 aliphatic rings. The van der Waals surface area contributed by atoms with E-state index in [2.05, 4.69) is 4.90 Å². The van der Waals surface area contributed by atoms with Crippen LogP contribution in [0, 0.1) is 0 Å². The van der Waals surface area contributed by atoms with Crippen LogP contribution in [0.5, 0.6) is 0 Å². The highest BCUT2D eigenvalue weighted by Gasteiger charge is 2.14. The molecule has 0 spiro atoms. The third kappa shape index (κ3) is 2.60. The summed E-state index contributed by atoms with van der Waals surface area (Å²) >= 11 is 7.88. The van der Waals surface area contributed by atoms with Crippen LogP contribution in [0.25, 0.3) is 0 Å². The minimum atomic E-state index is 0.0551. The summed E-state index contributed by atoms with van der Waals surface area (Å²) in [6, 6.07) is 5.74. The Morgan fingerprint density at radius 1 is 1.33 bits per heavy atom. The number of hydrogen-bond donors (Lipinski definition) is 1. The van der Waals surface area contributed by atoms with Gasteiger partial charge >= 0.3 is 0 Å². The van der Waals surface area contributed by atoms with E-state index in [1.165, 1.54) is 0 Å². The predicted molar refractivity (Wildman–Crippen MR) is 66.9 cm³/mol. The van der Waals surface area contributed by atoms with Crippen LogP contribution >= 0.6 is 23.4 Å². The van der Waals surface area contributed by atoms with Crippen molar-refractivity contribution in [1.82, 2.24) is 0 Å². The van der Waals surface area contributed by atoms with Gasteiger partial charge in [-0.1, -0.05) is 11.6 Å². The van der Waals surface area contributed by atoms with E-state index in [0.717, 1.165) is 35.8 Å². The molecule has 82 valence electrons. The van der Waals surface area contributed by atoms with Crippen molar-refractivity contribution in [3.05, 3.63) is 28.8 Å². The van der Waals surface area contributed by atoms with Crippen molar-refractivity contribution in [2.24, 2.45) is 0 Å². The molecule has 0 aromatic heterocycles. The second-order valence-corrected chi connectivity index (χ2v) is 5.19. The van der Waals surface area contributed by atoms with E-state index in [9.17, 15) is 5.11 Å². The van der Waals surface area contributed by atoms with Crippen molar-refractivity contribution < 1.29 is 5.11 Å². The van der Waals surface area contributed by atoms with E-state index in [1.54, 1.807) is 0 Å². The molecule has 15 heavy (non-hydrogen) atoms. The van der Waals surface area contributed by atoms with Gasteiger partial charge in [0.2, 0.25) is 0 Å². The van der Waals surface area contributed by atoms with E-state index >= 15 is 0 Å². The highest BCUT2D eigenvalue weighted by Crippen LogP contribution is 2.26. The SMILES string of the molecule is OCc1cc(Cl)ccc1N1CCSCC1. The zero-order chi connectivity index (χ0) is 10.7. The zero-order valence-electron chi connectivity index (χ0n) is 8.45. The lowest BCUT2D eigenvalue weighted by atomic mass is 10.1. The average Bonchev–Trinajstić information content (AvgIpc) is 2.30. The van der Waals surface area contributed by atoms with Crippen LogP contribution in [0.4, 0.5) is 5.69 Å². The third-order valence-electron chi connectivity index (χ3n) is 2.56. The lowest BCUT2D eigenvalue weighted by Crippen LogP contribution is -2.33. The molecular formula is C11H14ClNOS. The lowest BCUT2D eigenvalue weighted by molar-refractivity contribution is 0.282. The normalized spacial score (nSPS) is 16.8. The Balaban J connectivity index is 2.25. The first-order valence-corrected chi connectivity index (χ1v) is 6.56. The fourth-order valence-electron chi connectivity index (χ4n) is 1.79. The van der Waals surface area contributed by atoms with E-state index in [4.69, 9.17) is 11.6 Å². The van der Waals surface area contributed by atoms with E-state index in [-0.39, 0.29) is 6.61 Å². The van der Waals surface area contributed by atoms with Crippen LogP contribution in [-0.2, 0) is 6.61 Å². The van der Waals surface area contributed by atoms with E-state index in [1.807, 2.05) is 30.0 Å². The number of aliphatic hydroxyl groups is 1. The number of thioether (sulfide) groups is 1. The van der Waals surface area contributed by atoms with Crippen LogP contribution in [-0.4, -0.2) is 29.7 Å². The van der Waals surface area contributed by atoms with Gasteiger partial charge in [-0.3, -0.25) is 0 Å². The molecule has 2 rings (SSSR count). The highest BCUT2D eigenvalue weighted by molar-refractivity contribution is 7.99. The number of rotatable bonds is 2. The molecule has 1 heterocycles. The summed E-state index contributed by atoms with van der Waals surface area (Å²) in [7, 11) is 0. The third-order valence-corrected chi connectivity index (χ3v) is 3.74. The Bertz CT molecular complexity index is 339. The molecule has 1 N–H and O–H groups in total. The van der Waals surface area contributed by atoms with Gasteiger partial charge in [0.05, 0.1) is 6.61 Å². The number of benzene rings is 1. The molecule has 0 aliphatic carbocycles. The minimum Gasteiger partial charge on any atom is -0.392 e. The summed E-state index contributed by atoms with van der Waals surface area (Å²) in [6.07, 6.45) is 0. The van der Waals surface area contributed by atoms with Gasteiger partial charge < -0.3 is 10.0 Å². The summed E-state index contributed by atoms with van der Waals surface area (Å²) in [4.78, 5) is 2.32. The molecule has 0 radical (unpaired) electrons. The molecule has 1 fully saturated rings. The molecule has 1 saturated heterocycles. The second kappa shape index (κ2) is 5.10. The van der Waals surface area contributed by atoms with Crippen LogP contribution in [0.3, 0.4) is 0 Å². The molecule has 0 bridgehead atoms. The maximum atomic E-state index is 9.28. The smallest absolute Gasteiger partial charge is 0.0702 e. The van der Waals surface area contributed by atoms with Crippen LogP contribution < -0.4 is 4.90 Å². The highest BCUT2D eigenvalue weighted by atomic mass is 35.5. The Morgan fingerprint density at radius 2 is 2.07 bits per heavy atom. The van der Waals surface area contributed by atoms with Gasteiger partial charge in [-0.15, -0.1) is 0 Å². The van der Waals surface area contributed by atoms with Gasteiger partial charge in [-0.25, -0.2) is 0 Å². The molecule has 1 aromatic rings. The van der Waals surface area contributed by atoms with Crippen LogP contribution in [0.2, 0.25) is 5.02 Å². The number of hydrogen-bond acceptors (Lipinski definition) is 3. The summed E-state index contributed by atoms with van der Waals surface area (Å²) in [6.45, 7) is 2.16. The zero-order valence-corrected chi connectivity index (χ0v) is 10.0. The summed E-state index contributed by atoms with van der Waals surface area (Å²) in [5.74, 6) is 2.32. The standard InChI is InChI=1S/C11H14ClNOS/c12-10-1-2-11(9(7-10)8-14)13-3-5-15-6-4-13/h1-2,7,14H,3-6,8H2. The van der Waals surface area contributed by atoms with Gasteiger partial charge in [0, 0.05) is 40.9 Å². The number of nitrogens with zero attached hydrogens (tertiary/aromatic N) is 1. The number of anilines is 1. The number of halogens is 1. The van der Waals surface area contributed by atoms with Gasteiger partial charge in [0.25, 0.3) is 0 Å². The quantitative estimate of drug-likeness (QED) is 0.863. The summed E-state index contributed by atoms with van der Waals surface area (Å²) in [5, 5.41) is 9.97. The van der Waals surface area contributed by atoms with Crippen molar-refractivity contribution >= 4 is 29.1 Å². The van der Waals surface area contributed by atoms with Crippen LogP contribution in [0.15, 0.2) is 18.2 Å². The molecule has 4 heteroatoms. The fourth-order valence-corrected chi connectivity index (χ4v) is 2.89. The van der Waals surface area contributed by atoms with Crippen molar-refractivity contribution in [1.29, 1.82) is 0 Å². The first-order valence-electron chi connectivity index (χ1n) is 5.03. The van der Waals surface area contributed by atoms with Crippen molar-refractivity contribution in [2.75, 3.05) is 29.5 Å². The molecular weight excluding hydrogens is 230 g/mol. The maximum Gasteiger partial charge on any atom is 0.0702 e. The van der Waals surface area contributed by atoms with Crippen molar-refractivity contribution in [3.8, 4) is 0 Å². The Hall–Kier alpha value is -0.380. The van der Waals surface area contributed by atoms with Gasteiger partial charge in [0.1, 0.15) is 0 Å². The molecule has 0 atom stereocenters. The van der Waals surface area contributed by atoms with Gasteiger partial charge in [-0.05, 0) is 18.2 Å². The first kappa shape index (κ1) is 11.1. The molecule has 1 aromatic carbocycles. The monoisotopic (exact) mass is 243 g/mol. The first-order chi connectivity index (χ1) is 7.31.